The predicted molar refractivity (Wildman–Crippen MR) is 110 cm³/mol. The number of likely N-dealkylation sites (N-methyl/N-ethyl adjacent to an activating group) is 1. The highest BCUT2D eigenvalue weighted by Crippen LogP contribution is 2.27. The van der Waals surface area contributed by atoms with Gasteiger partial charge in [-0.15, -0.1) is 0 Å². The van der Waals surface area contributed by atoms with Gasteiger partial charge in [0, 0.05) is 23.5 Å². The van der Waals surface area contributed by atoms with Gasteiger partial charge in [-0.1, -0.05) is 20.8 Å². The Hall–Kier alpha value is -2.14. The van der Waals surface area contributed by atoms with Gasteiger partial charge in [-0.3, -0.25) is 9.69 Å². The third-order valence-corrected chi connectivity index (χ3v) is 4.56. The fraction of sp³-hybridized carbons (Fsp3) is 0.545. The van der Waals surface area contributed by atoms with Crippen molar-refractivity contribution in [2.75, 3.05) is 13.1 Å². The molecule has 5 heteroatoms. The second kappa shape index (κ2) is 8.26. The van der Waals surface area contributed by atoms with Crippen molar-refractivity contribution in [2.24, 2.45) is 0 Å². The first-order chi connectivity index (χ1) is 12.5. The van der Waals surface area contributed by atoms with E-state index < -0.39 is 0 Å². The van der Waals surface area contributed by atoms with Crippen LogP contribution in [-0.4, -0.2) is 29.4 Å². The van der Waals surface area contributed by atoms with Gasteiger partial charge in [-0.05, 0) is 69.0 Å². The highest BCUT2D eigenvalue weighted by molar-refractivity contribution is 5.82. The molecule has 0 saturated carbocycles. The number of hydrogen-bond acceptors (Lipinski definition) is 4. The Morgan fingerprint density at radius 3 is 2.44 bits per heavy atom. The monoisotopic (exact) mass is 372 g/mol. The molecule has 1 N–H and O–H groups in total. The molecule has 0 spiro atoms. The number of nitrogens with zero attached hydrogens (tertiary/aromatic N) is 1. The number of benzene rings is 1. The molecule has 27 heavy (non-hydrogen) atoms. The highest BCUT2D eigenvalue weighted by atomic mass is 16.4. The minimum Gasteiger partial charge on any atom is -0.423 e. The van der Waals surface area contributed by atoms with Crippen LogP contribution in [0.15, 0.2) is 27.4 Å². The lowest BCUT2D eigenvalue weighted by atomic mass is 9.95. The fourth-order valence-electron chi connectivity index (χ4n) is 3.33. The largest absolute Gasteiger partial charge is 0.423 e. The average Bonchev–Trinajstić information content (AvgIpc) is 2.51. The summed E-state index contributed by atoms with van der Waals surface area (Å²) in [7, 11) is 0. The molecule has 0 bridgehead atoms. The van der Waals surface area contributed by atoms with Crippen molar-refractivity contribution >= 4 is 16.9 Å². The zero-order chi connectivity index (χ0) is 20.4. The molecule has 2 aromatic rings. The van der Waals surface area contributed by atoms with Crippen LogP contribution in [0.25, 0.3) is 11.0 Å². The predicted octanol–water partition coefficient (Wildman–Crippen LogP) is 3.96. The van der Waals surface area contributed by atoms with Crippen LogP contribution in [0, 0.1) is 6.92 Å². The molecule has 0 unspecified atom stereocenters. The van der Waals surface area contributed by atoms with E-state index in [0.29, 0.717) is 31.1 Å². The van der Waals surface area contributed by atoms with E-state index in [2.05, 4.69) is 25.2 Å². The summed E-state index contributed by atoms with van der Waals surface area (Å²) in [4.78, 5) is 26.4. The number of amides is 1. The van der Waals surface area contributed by atoms with Gasteiger partial charge >= 0.3 is 5.63 Å². The van der Waals surface area contributed by atoms with Crippen molar-refractivity contribution in [3.05, 3.63) is 45.3 Å². The van der Waals surface area contributed by atoms with Crippen molar-refractivity contribution in [3.8, 4) is 0 Å². The van der Waals surface area contributed by atoms with E-state index in [9.17, 15) is 9.59 Å². The highest BCUT2D eigenvalue weighted by Gasteiger charge is 2.18. The minimum absolute atomic E-state index is 0.0182. The van der Waals surface area contributed by atoms with Gasteiger partial charge < -0.3 is 9.73 Å². The summed E-state index contributed by atoms with van der Waals surface area (Å²) >= 11 is 0. The van der Waals surface area contributed by atoms with Crippen LogP contribution in [0.3, 0.4) is 0 Å². The molecule has 148 valence electrons. The van der Waals surface area contributed by atoms with E-state index in [1.54, 1.807) is 6.07 Å². The smallest absolute Gasteiger partial charge is 0.336 e. The number of fused-ring (bicyclic) bond motifs is 1. The molecule has 0 aliphatic heterocycles. The van der Waals surface area contributed by atoms with Crippen LogP contribution in [0.2, 0.25) is 0 Å². The van der Waals surface area contributed by atoms with Gasteiger partial charge in [0.15, 0.2) is 0 Å². The third-order valence-electron chi connectivity index (χ3n) is 4.56. The summed E-state index contributed by atoms with van der Waals surface area (Å²) in [6.45, 7) is 15.8. The van der Waals surface area contributed by atoms with E-state index in [0.717, 1.165) is 16.5 Å². The molecule has 0 fully saturated rings. The van der Waals surface area contributed by atoms with Crippen LogP contribution < -0.4 is 10.9 Å². The van der Waals surface area contributed by atoms with Gasteiger partial charge in [0.25, 0.3) is 0 Å². The maximum absolute atomic E-state index is 12.3. The van der Waals surface area contributed by atoms with Crippen molar-refractivity contribution < 1.29 is 9.21 Å². The van der Waals surface area contributed by atoms with Gasteiger partial charge in [0.1, 0.15) is 5.58 Å². The molecule has 2 rings (SSSR count). The van der Waals surface area contributed by atoms with Crippen molar-refractivity contribution in [1.82, 2.24) is 10.2 Å². The minimum atomic E-state index is -0.357. The molecular weight excluding hydrogens is 340 g/mol. The van der Waals surface area contributed by atoms with Gasteiger partial charge in [-0.2, -0.15) is 0 Å². The Morgan fingerprint density at radius 1 is 1.22 bits per heavy atom. The number of aryl methyl sites for hydroxylation is 1. The van der Waals surface area contributed by atoms with Gasteiger partial charge in [0.05, 0.1) is 6.54 Å². The summed E-state index contributed by atoms with van der Waals surface area (Å²) in [6.07, 6.45) is 0. The van der Waals surface area contributed by atoms with E-state index in [4.69, 9.17) is 4.42 Å². The Bertz CT molecular complexity index is 875. The quantitative estimate of drug-likeness (QED) is 0.780. The number of hydrogen-bond donors (Lipinski definition) is 1. The summed E-state index contributed by atoms with van der Waals surface area (Å²) in [6, 6.07) is 5.61. The summed E-state index contributed by atoms with van der Waals surface area (Å²) in [5.74, 6) is 0.365. The summed E-state index contributed by atoms with van der Waals surface area (Å²) in [5.41, 5.74) is 3.24. The Morgan fingerprint density at radius 2 is 1.89 bits per heavy atom. The first kappa shape index (κ1) is 21.2. The van der Waals surface area contributed by atoms with Gasteiger partial charge in [-0.25, -0.2) is 4.79 Å². The lowest BCUT2D eigenvalue weighted by Gasteiger charge is -2.25. The van der Waals surface area contributed by atoms with Gasteiger partial charge in [0.2, 0.25) is 5.91 Å². The summed E-state index contributed by atoms with van der Waals surface area (Å²) < 4.78 is 5.43. The zero-order valence-corrected chi connectivity index (χ0v) is 17.6. The van der Waals surface area contributed by atoms with E-state index in [1.165, 1.54) is 5.56 Å². The number of carbonyl (C=O) groups is 1. The van der Waals surface area contributed by atoms with E-state index in [1.807, 2.05) is 45.6 Å². The molecule has 0 atom stereocenters. The summed E-state index contributed by atoms with van der Waals surface area (Å²) in [5, 5.41) is 3.93. The van der Waals surface area contributed by atoms with Crippen LogP contribution in [0.5, 0.6) is 0 Å². The average molecular weight is 373 g/mol. The van der Waals surface area contributed by atoms with Crippen molar-refractivity contribution in [1.29, 1.82) is 0 Å². The molecular formula is C22H32N2O3. The lowest BCUT2D eigenvalue weighted by molar-refractivity contribution is -0.123. The molecule has 5 nitrogen and oxygen atoms in total. The Labute approximate surface area is 161 Å². The second-order valence-electron chi connectivity index (χ2n) is 8.55. The molecule has 1 heterocycles. The van der Waals surface area contributed by atoms with E-state index in [-0.39, 0.29) is 17.1 Å². The SMILES string of the molecule is CCN(CC(=O)NC(C)(C)C)Cc1cc(=O)oc2cc(C)c(C(C)C)cc12. The molecule has 0 aliphatic rings. The third kappa shape index (κ3) is 5.67. The normalized spacial score (nSPS) is 12.2. The number of rotatable bonds is 6. The molecule has 0 aliphatic carbocycles. The standard InChI is InChI=1S/C22H32N2O3/c1-8-24(13-20(25)23-22(5,6)7)12-16-10-21(26)27-19-9-15(4)17(14(2)3)11-18(16)19/h9-11,14H,8,12-13H2,1-7H3,(H,23,25). The van der Waals surface area contributed by atoms with Crippen molar-refractivity contribution in [3.63, 3.8) is 0 Å². The molecule has 1 aromatic carbocycles. The first-order valence-corrected chi connectivity index (χ1v) is 9.60. The first-order valence-electron chi connectivity index (χ1n) is 9.60. The molecule has 1 amide bonds. The molecule has 1 aromatic heterocycles. The van der Waals surface area contributed by atoms with Crippen LogP contribution in [-0.2, 0) is 11.3 Å². The Kier molecular flexibility index (Phi) is 6.47. The van der Waals surface area contributed by atoms with Crippen LogP contribution >= 0.6 is 0 Å². The number of carbonyl (C=O) groups excluding carboxylic acids is 1. The van der Waals surface area contributed by atoms with E-state index >= 15 is 0 Å². The lowest BCUT2D eigenvalue weighted by Crippen LogP contribution is -2.45. The van der Waals surface area contributed by atoms with Crippen molar-refractivity contribution in [2.45, 2.75) is 66.5 Å². The molecule has 0 radical (unpaired) electrons. The zero-order valence-electron chi connectivity index (χ0n) is 17.6. The Balaban J connectivity index is 2.37. The number of nitrogens with one attached hydrogen (secondary N) is 1. The maximum Gasteiger partial charge on any atom is 0.336 e. The maximum atomic E-state index is 12.3. The fourth-order valence-corrected chi connectivity index (χ4v) is 3.33. The topological polar surface area (TPSA) is 62.6 Å². The second-order valence-corrected chi connectivity index (χ2v) is 8.55. The van der Waals surface area contributed by atoms with Crippen LogP contribution in [0.4, 0.5) is 0 Å². The molecule has 0 saturated heterocycles. The van der Waals surface area contributed by atoms with Crippen LogP contribution in [0.1, 0.15) is 64.2 Å².